The minimum Gasteiger partial charge on any atom is -0.397 e. The Balaban J connectivity index is 2.41. The maximum Gasteiger partial charge on any atom is 0.228 e. The van der Waals surface area contributed by atoms with Crippen molar-refractivity contribution in [2.45, 2.75) is 11.8 Å². The van der Waals surface area contributed by atoms with Crippen LogP contribution in [0.1, 0.15) is 6.42 Å². The summed E-state index contributed by atoms with van der Waals surface area (Å²) in [7, 11) is 0. The van der Waals surface area contributed by atoms with Gasteiger partial charge < -0.3 is 10.6 Å². The highest BCUT2D eigenvalue weighted by atomic mass is 35.5. The Hall–Kier alpha value is -1.00. The lowest BCUT2D eigenvalue weighted by Gasteiger charge is -2.18. The topological polar surface area (TPSA) is 46.3 Å². The van der Waals surface area contributed by atoms with Crippen molar-refractivity contribution in [3.63, 3.8) is 0 Å². The van der Waals surface area contributed by atoms with Crippen molar-refractivity contribution in [1.29, 1.82) is 0 Å². The maximum absolute atomic E-state index is 13.1. The largest absolute Gasteiger partial charge is 0.397 e. The highest BCUT2D eigenvalue weighted by Crippen LogP contribution is 2.33. The first-order valence-electron chi connectivity index (χ1n) is 4.68. The number of hydrogen-bond acceptors (Lipinski definition) is 2. The average molecular weight is 263 g/mol. The predicted octanol–water partition coefficient (Wildman–Crippen LogP) is 2.41. The number of nitrogen functional groups attached to an aromatic ring is 1. The second kappa shape index (κ2) is 4.11. The van der Waals surface area contributed by atoms with E-state index in [1.807, 2.05) is 0 Å². The molecule has 1 amide bonds. The van der Waals surface area contributed by atoms with Gasteiger partial charge in [-0.25, -0.2) is 4.39 Å². The summed E-state index contributed by atoms with van der Waals surface area (Å²) in [6.45, 7) is 0.368. The number of nitrogens with zero attached hydrogens (tertiary/aromatic N) is 1. The molecule has 86 valence electrons. The molecule has 1 aromatic carbocycles. The van der Waals surface area contributed by atoms with E-state index in [0.29, 0.717) is 12.2 Å². The quantitative estimate of drug-likeness (QED) is 0.624. The smallest absolute Gasteiger partial charge is 0.228 e. The van der Waals surface area contributed by atoms with Gasteiger partial charge in [-0.3, -0.25) is 4.79 Å². The summed E-state index contributed by atoms with van der Waals surface area (Å²) in [6.07, 6.45) is 0.260. The van der Waals surface area contributed by atoms with E-state index in [0.717, 1.165) is 6.07 Å². The minimum absolute atomic E-state index is 0.0602. The van der Waals surface area contributed by atoms with Crippen LogP contribution in [0.15, 0.2) is 12.1 Å². The fourth-order valence-electron chi connectivity index (χ4n) is 1.68. The molecule has 3 nitrogen and oxygen atoms in total. The van der Waals surface area contributed by atoms with Gasteiger partial charge >= 0.3 is 0 Å². The molecule has 0 saturated carbocycles. The molecular formula is C10H9Cl2FN2O. The summed E-state index contributed by atoms with van der Waals surface area (Å²) in [5, 5.41) is -0.300. The number of anilines is 2. The summed E-state index contributed by atoms with van der Waals surface area (Å²) in [6, 6.07) is 2.45. The van der Waals surface area contributed by atoms with E-state index >= 15 is 0 Å². The summed E-state index contributed by atoms with van der Waals surface area (Å²) in [5.41, 5.74) is 6.24. The molecule has 2 N–H and O–H groups in total. The SMILES string of the molecule is Nc1cc(F)c(Cl)cc1N1CC(Cl)CC1=O. The number of benzene rings is 1. The molecule has 0 aliphatic carbocycles. The number of amides is 1. The van der Waals surface area contributed by atoms with Gasteiger partial charge in [0.2, 0.25) is 5.91 Å². The molecule has 2 rings (SSSR count). The summed E-state index contributed by atoms with van der Waals surface area (Å²) < 4.78 is 13.1. The Labute approximate surface area is 102 Å². The normalized spacial score (nSPS) is 20.6. The van der Waals surface area contributed by atoms with Crippen LogP contribution >= 0.6 is 23.2 Å². The van der Waals surface area contributed by atoms with E-state index in [4.69, 9.17) is 28.9 Å². The molecule has 0 bridgehead atoms. The summed E-state index contributed by atoms with van der Waals surface area (Å²) >= 11 is 11.5. The number of hydrogen-bond donors (Lipinski definition) is 1. The first-order valence-corrected chi connectivity index (χ1v) is 5.49. The molecular weight excluding hydrogens is 254 g/mol. The van der Waals surface area contributed by atoms with Crippen LogP contribution in [-0.2, 0) is 4.79 Å². The zero-order chi connectivity index (χ0) is 11.9. The third-order valence-corrected chi connectivity index (χ3v) is 3.02. The highest BCUT2D eigenvalue weighted by Gasteiger charge is 2.30. The second-order valence-electron chi connectivity index (χ2n) is 3.63. The van der Waals surface area contributed by atoms with Gasteiger partial charge in [-0.1, -0.05) is 11.6 Å². The van der Waals surface area contributed by atoms with Gasteiger partial charge in [0.25, 0.3) is 0 Å². The van der Waals surface area contributed by atoms with Crippen LogP contribution in [0.2, 0.25) is 5.02 Å². The third-order valence-electron chi connectivity index (χ3n) is 2.44. The van der Waals surface area contributed by atoms with Crippen molar-refractivity contribution in [2.24, 2.45) is 0 Å². The van der Waals surface area contributed by atoms with Gasteiger partial charge in [0.1, 0.15) is 5.82 Å². The third kappa shape index (κ3) is 1.95. The van der Waals surface area contributed by atoms with E-state index in [2.05, 4.69) is 0 Å². The predicted molar refractivity (Wildman–Crippen MR) is 62.4 cm³/mol. The summed E-state index contributed by atoms with van der Waals surface area (Å²) in [5.74, 6) is -0.730. The molecule has 1 aromatic rings. The average Bonchev–Trinajstić information content (AvgIpc) is 2.51. The Morgan fingerprint density at radius 2 is 2.19 bits per heavy atom. The molecule has 1 fully saturated rings. The molecule has 1 unspecified atom stereocenters. The maximum atomic E-state index is 13.1. The van der Waals surface area contributed by atoms with Crippen LogP contribution in [0, 0.1) is 5.82 Å². The van der Waals surface area contributed by atoms with Crippen LogP contribution < -0.4 is 10.6 Å². The Morgan fingerprint density at radius 3 is 2.75 bits per heavy atom. The van der Waals surface area contributed by atoms with Crippen LogP contribution in [-0.4, -0.2) is 17.8 Å². The lowest BCUT2D eigenvalue weighted by Crippen LogP contribution is -2.25. The van der Waals surface area contributed by atoms with Crippen LogP contribution in [0.5, 0.6) is 0 Å². The molecule has 1 aliphatic heterocycles. The number of alkyl halides is 1. The van der Waals surface area contributed by atoms with Crippen molar-refractivity contribution in [3.05, 3.63) is 23.0 Å². The number of carbonyl (C=O) groups is 1. The van der Waals surface area contributed by atoms with Gasteiger partial charge in [0.15, 0.2) is 0 Å². The standard InChI is InChI=1S/C10H9Cl2FN2O/c11-5-1-10(16)15(4-5)9-2-6(12)7(13)3-8(9)14/h2-3,5H,1,4,14H2. The zero-order valence-electron chi connectivity index (χ0n) is 8.21. The zero-order valence-corrected chi connectivity index (χ0v) is 9.72. The molecule has 1 aliphatic rings. The van der Waals surface area contributed by atoms with Crippen LogP contribution in [0.4, 0.5) is 15.8 Å². The molecule has 0 spiro atoms. The molecule has 0 radical (unpaired) electrons. The van der Waals surface area contributed by atoms with Crippen molar-refractivity contribution >= 4 is 40.5 Å². The van der Waals surface area contributed by atoms with Crippen molar-refractivity contribution < 1.29 is 9.18 Å². The van der Waals surface area contributed by atoms with Gasteiger partial charge in [-0.15, -0.1) is 11.6 Å². The Bertz CT molecular complexity index is 453. The van der Waals surface area contributed by atoms with Gasteiger partial charge in [0, 0.05) is 19.0 Å². The van der Waals surface area contributed by atoms with Crippen molar-refractivity contribution in [2.75, 3.05) is 17.2 Å². The number of nitrogens with two attached hydrogens (primary N) is 1. The number of halogens is 3. The monoisotopic (exact) mass is 262 g/mol. The molecule has 1 atom stereocenters. The first-order chi connectivity index (χ1) is 7.49. The van der Waals surface area contributed by atoms with Crippen molar-refractivity contribution in [3.8, 4) is 0 Å². The molecule has 6 heteroatoms. The van der Waals surface area contributed by atoms with E-state index in [-0.39, 0.29) is 28.4 Å². The number of carbonyl (C=O) groups excluding carboxylic acids is 1. The fraction of sp³-hybridized carbons (Fsp3) is 0.300. The second-order valence-corrected chi connectivity index (χ2v) is 4.66. The van der Waals surface area contributed by atoms with Crippen LogP contribution in [0.25, 0.3) is 0 Å². The Kier molecular flexibility index (Phi) is 2.95. The minimum atomic E-state index is -0.600. The van der Waals surface area contributed by atoms with E-state index < -0.39 is 5.82 Å². The Morgan fingerprint density at radius 1 is 1.50 bits per heavy atom. The van der Waals surface area contributed by atoms with Crippen molar-refractivity contribution in [1.82, 2.24) is 0 Å². The molecule has 1 saturated heterocycles. The molecule has 0 aromatic heterocycles. The highest BCUT2D eigenvalue weighted by molar-refractivity contribution is 6.31. The molecule has 1 heterocycles. The number of rotatable bonds is 1. The lowest BCUT2D eigenvalue weighted by atomic mass is 10.2. The van der Waals surface area contributed by atoms with Gasteiger partial charge in [-0.2, -0.15) is 0 Å². The van der Waals surface area contributed by atoms with E-state index in [1.165, 1.54) is 11.0 Å². The first kappa shape index (κ1) is 11.5. The van der Waals surface area contributed by atoms with Gasteiger partial charge in [0.05, 0.1) is 21.8 Å². The van der Waals surface area contributed by atoms with E-state index in [9.17, 15) is 9.18 Å². The van der Waals surface area contributed by atoms with E-state index in [1.54, 1.807) is 0 Å². The van der Waals surface area contributed by atoms with Crippen LogP contribution in [0.3, 0.4) is 0 Å². The molecule has 16 heavy (non-hydrogen) atoms. The fourth-order valence-corrected chi connectivity index (χ4v) is 2.11. The van der Waals surface area contributed by atoms with Gasteiger partial charge in [-0.05, 0) is 6.07 Å². The lowest BCUT2D eigenvalue weighted by molar-refractivity contribution is -0.117. The summed E-state index contributed by atoms with van der Waals surface area (Å²) in [4.78, 5) is 13.0.